The highest BCUT2D eigenvalue weighted by Crippen LogP contribution is 2.35. The van der Waals surface area contributed by atoms with Gasteiger partial charge in [-0.05, 0) is 241 Å². The number of anilines is 1. The van der Waals surface area contributed by atoms with Crippen molar-refractivity contribution in [3.8, 4) is 28.9 Å². The predicted molar refractivity (Wildman–Crippen MR) is 559 cm³/mol. The smallest absolute Gasteiger partial charge is 0.257 e. The molecular weight excluding hydrogens is 1610 g/mol. The van der Waals surface area contributed by atoms with Gasteiger partial charge in [-0.25, -0.2) is 15.0 Å². The van der Waals surface area contributed by atoms with Crippen LogP contribution in [-0.2, 0) is 43.7 Å². The Kier molecular flexibility index (Phi) is 54.4. The predicted octanol–water partition coefficient (Wildman–Crippen LogP) is 30.9. The molecule has 0 amide bonds. The fraction of sp³-hybridized carbons (Fsp3) is 0.486. The number of nitrogens with one attached hydrogen (secondary N) is 6. The molecule has 6 N–H and O–H groups in total. The number of rotatable bonds is 10. The van der Waals surface area contributed by atoms with Gasteiger partial charge >= 0.3 is 0 Å². The lowest BCUT2D eigenvalue weighted by atomic mass is 9.97. The summed E-state index contributed by atoms with van der Waals surface area (Å²) in [5, 5.41) is 25.0. The van der Waals surface area contributed by atoms with Crippen LogP contribution in [0.5, 0.6) is 28.9 Å². The fourth-order valence-corrected chi connectivity index (χ4v) is 13.8. The number of aryl methyl sites for hydroxylation is 3. The second kappa shape index (κ2) is 59.4. The summed E-state index contributed by atoms with van der Waals surface area (Å²) in [7, 11) is 0. The monoisotopic (exact) mass is 1780 g/mol. The van der Waals surface area contributed by atoms with Crippen LogP contribution >= 0.6 is 0 Å². The van der Waals surface area contributed by atoms with Crippen molar-refractivity contribution in [3.05, 3.63) is 266 Å². The maximum atomic E-state index is 5.56. The van der Waals surface area contributed by atoms with Crippen LogP contribution < -0.4 is 34.3 Å². The zero-order chi connectivity index (χ0) is 85.8. The molecule has 0 spiro atoms. The van der Waals surface area contributed by atoms with E-state index in [1.807, 2.05) is 55.4 Å². The van der Waals surface area contributed by atoms with Crippen LogP contribution in [0.15, 0.2) is 177 Å². The van der Waals surface area contributed by atoms with E-state index in [4.69, 9.17) is 28.4 Å². The average Bonchev–Trinajstić information content (AvgIpc) is 1.79. The lowest BCUT2D eigenvalue weighted by Gasteiger charge is -2.19. The summed E-state index contributed by atoms with van der Waals surface area (Å²) >= 11 is 0. The first-order valence-electron chi connectivity index (χ1n) is 43.6. The van der Waals surface area contributed by atoms with Crippen molar-refractivity contribution in [3.63, 3.8) is 0 Å². The molecule has 0 unspecified atom stereocenters. The zero-order valence-electron chi connectivity index (χ0n) is 75.0. The van der Waals surface area contributed by atoms with Crippen LogP contribution in [-0.4, -0.2) is 95.3 Å². The van der Waals surface area contributed by atoms with E-state index in [-0.39, 0.29) is 74.3 Å². The molecule has 7 aromatic heterocycles. The Morgan fingerprint density at radius 3 is 1.45 bits per heavy atom. The third-order valence-electron chi connectivity index (χ3n) is 21.9. The molecule has 130 heavy (non-hydrogen) atoms. The molecule has 5 aliphatic heterocycles. The number of pyridine rings is 3. The molecule has 6 aromatic carbocycles. The van der Waals surface area contributed by atoms with Crippen LogP contribution in [0.2, 0.25) is 0 Å². The summed E-state index contributed by atoms with van der Waals surface area (Å²) < 4.78 is 32.5. The summed E-state index contributed by atoms with van der Waals surface area (Å²) in [5.74, 6) is 10.0. The molecule has 0 bridgehead atoms. The van der Waals surface area contributed by atoms with Gasteiger partial charge in [0, 0.05) is 60.8 Å². The Hall–Kier alpha value is -10.9. The van der Waals surface area contributed by atoms with Crippen molar-refractivity contribution in [2.45, 2.75) is 324 Å². The minimum absolute atomic E-state index is 0. The highest BCUT2D eigenvalue weighted by atomic mass is 16.6. The molecule has 19 nitrogen and oxygen atoms in total. The molecular formula is C111H173N13O6. The second-order valence-corrected chi connectivity index (χ2v) is 34.5. The number of aromatic amines is 4. The SMILES string of the molecule is C.C.C.C.C.C.C.C.C.C.CC(C)c1ccc2[nH]ccc2c1.CC(C)c1ccc2c(c1)CCC2.CC(C)c1ccc2c(c1)CCCO2.CC(C)c1ccc2c(c1)COCN2.CC(C)c1ccc2c(c1)OCCO2.CC(C)c1ccc2n[nH]nc2c1.CC(C)c1cn[nH]c1.CC(C)c1cnc2c(c1)CNC2.CC(C)c1cnc2c(c1)OCCO2.CC(C)c1cnc2nc[nH]c2c1. The quantitative estimate of drug-likeness (QED) is 0.0747. The lowest BCUT2D eigenvalue weighted by Crippen LogP contribution is -2.16. The van der Waals surface area contributed by atoms with E-state index >= 15 is 0 Å². The third kappa shape index (κ3) is 35.4. The van der Waals surface area contributed by atoms with E-state index < -0.39 is 0 Å². The van der Waals surface area contributed by atoms with Crippen LogP contribution in [0, 0.1) is 0 Å². The largest absolute Gasteiger partial charge is 0.493 e. The van der Waals surface area contributed by atoms with Crippen molar-refractivity contribution < 1.29 is 28.4 Å². The van der Waals surface area contributed by atoms with Gasteiger partial charge in [0.2, 0.25) is 0 Å². The Labute approximate surface area is 787 Å². The first-order valence-corrected chi connectivity index (χ1v) is 43.6. The Morgan fingerprint density at radius 1 is 0.331 bits per heavy atom. The molecule has 0 saturated heterocycles. The van der Waals surface area contributed by atoms with Crippen molar-refractivity contribution in [2.75, 3.05) is 45.1 Å². The molecule has 0 radical (unpaired) electrons. The van der Waals surface area contributed by atoms with Crippen molar-refractivity contribution in [1.82, 2.24) is 60.8 Å². The van der Waals surface area contributed by atoms with Crippen LogP contribution in [0.25, 0.3) is 33.1 Å². The third-order valence-corrected chi connectivity index (χ3v) is 21.9. The highest BCUT2D eigenvalue weighted by Gasteiger charge is 2.19. The number of ether oxygens (including phenoxy) is 6. The zero-order valence-corrected chi connectivity index (χ0v) is 75.0. The van der Waals surface area contributed by atoms with Crippen LogP contribution in [0.1, 0.15) is 374 Å². The van der Waals surface area contributed by atoms with Gasteiger partial charge in [0.25, 0.3) is 5.88 Å². The van der Waals surface area contributed by atoms with Crippen molar-refractivity contribution in [1.29, 1.82) is 0 Å². The normalized spacial score (nSPS) is 12.6. The van der Waals surface area contributed by atoms with Crippen molar-refractivity contribution >= 4 is 38.8 Å². The summed E-state index contributed by atoms with van der Waals surface area (Å²) in [5.41, 5.74) is 27.9. The summed E-state index contributed by atoms with van der Waals surface area (Å²) in [4.78, 5) is 23.1. The van der Waals surface area contributed by atoms with Gasteiger partial charge in [0.15, 0.2) is 22.9 Å². The fourth-order valence-electron chi connectivity index (χ4n) is 13.8. The Morgan fingerprint density at radius 2 is 0.815 bits per heavy atom. The molecule has 19 heteroatoms. The number of benzene rings is 6. The summed E-state index contributed by atoms with van der Waals surface area (Å²) in [6.45, 7) is 50.5. The van der Waals surface area contributed by atoms with E-state index in [9.17, 15) is 0 Å². The van der Waals surface area contributed by atoms with Gasteiger partial charge in [0.1, 0.15) is 49.9 Å². The summed E-state index contributed by atoms with van der Waals surface area (Å²) in [6.07, 6.45) is 19.4. The number of H-pyrrole nitrogens is 4. The van der Waals surface area contributed by atoms with Gasteiger partial charge in [-0.15, -0.1) is 0 Å². The number of hydrogen-bond acceptors (Lipinski definition) is 15. The molecule has 0 saturated carbocycles. The molecule has 0 atom stereocenters. The maximum Gasteiger partial charge on any atom is 0.257 e. The van der Waals surface area contributed by atoms with E-state index in [2.05, 4.69) is 320 Å². The van der Waals surface area contributed by atoms with Gasteiger partial charge < -0.3 is 49.0 Å². The number of fused-ring (bicyclic) bond motifs is 9. The number of aromatic nitrogens is 11. The van der Waals surface area contributed by atoms with Gasteiger partial charge in [-0.3, -0.25) is 10.1 Å². The van der Waals surface area contributed by atoms with Crippen LogP contribution in [0.3, 0.4) is 0 Å². The summed E-state index contributed by atoms with van der Waals surface area (Å²) in [6, 6.07) is 47.5. The standard InChI is InChI=1S/C12H16O.C12H16.C11H15NO.C11H13N.C11H14O2.C10H14N2.C10H13NO2.2C9H11N3.C6H10N2.10CH4/c1-9(2)10-5-6-12-11(8-10)4-3-7-13-12;1-9(2)11-7-6-10-4-3-5-12(10)8-11;1-8(2)9-3-4-11-10(5-9)6-13-7-12-11;1-8(2)9-3-4-11-10(7-9)5-6-12-11;1-8(2)9-3-4-10-11(7-9)13-6-5-12-10;1-7(2)8-3-9-4-11-6-10(9)12-5-8;1-7(2)8-5-9-10(11-6-8)13-4-3-12-9;1-6(2)7-3-8-9(10-4-7)12-5-11-8;1-6(2)7-3-4-8-9(5-7)11-12-10-8;1-5(2)6-3-7-8-4-6;;;;;;;;;;/h5-6,8-9H,3-4,7H2,1-2H3;6-9H,3-5H2,1-2H3;3-5,8,12H,6-7H2,1-2H3;3-8,12H,1-2H3;3-4,7-8H,5-6H2,1-2H3;3,5,7,11H,4,6H2,1-2H3;5-7H,3-4H2,1-2H3;2*3-6H,1-2H3,(H,10,11,12);3-5H,1-2H3,(H,7,8);10*1H4. The van der Waals surface area contributed by atoms with Crippen LogP contribution in [0.4, 0.5) is 5.69 Å². The Bertz CT molecular complexity index is 4770. The highest BCUT2D eigenvalue weighted by molar-refractivity contribution is 5.80. The van der Waals surface area contributed by atoms with Gasteiger partial charge in [-0.2, -0.15) is 20.5 Å². The second-order valence-electron chi connectivity index (χ2n) is 34.5. The van der Waals surface area contributed by atoms with E-state index in [1.165, 1.54) is 120 Å². The first kappa shape index (κ1) is 119. The van der Waals surface area contributed by atoms with E-state index in [0.717, 1.165) is 77.9 Å². The molecule has 1 aliphatic carbocycles. The van der Waals surface area contributed by atoms with Gasteiger partial charge in [-0.1, -0.05) is 279 Å². The molecule has 6 aliphatic rings. The van der Waals surface area contributed by atoms with E-state index in [1.54, 1.807) is 17.5 Å². The first-order chi connectivity index (χ1) is 57.7. The molecule has 19 rings (SSSR count). The topological polar surface area (TPSA) is 233 Å². The molecule has 0 fully saturated rings. The minimum atomic E-state index is 0. The van der Waals surface area contributed by atoms with Crippen molar-refractivity contribution in [2.24, 2.45) is 0 Å². The lowest BCUT2D eigenvalue weighted by molar-refractivity contribution is 0.130. The maximum absolute atomic E-state index is 5.56. The number of nitrogens with zero attached hydrogens (tertiary/aromatic N) is 7. The minimum Gasteiger partial charge on any atom is -0.493 e. The molecule has 718 valence electrons. The van der Waals surface area contributed by atoms with E-state index in [0.29, 0.717) is 98.2 Å². The number of imidazole rings is 1. The molecule has 12 heterocycles. The Balaban J connectivity index is 0.00000141. The average molecular weight is 1790 g/mol. The molecule has 13 aromatic rings. The number of hydrogen-bond donors (Lipinski definition) is 6. The van der Waals surface area contributed by atoms with Gasteiger partial charge in [0.05, 0.1) is 36.9 Å².